The molecule has 150 valence electrons. The summed E-state index contributed by atoms with van der Waals surface area (Å²) in [5, 5.41) is 7.29. The average Bonchev–Trinajstić information content (AvgIpc) is 3.17. The standard InChI is InChI=1S/C23H18BrFN4O/c1-14-3-4-15(2)20(13-14)29-22(16-5-9-18(25)10-6-16)27-21(28-29)23(30)26-19-11-7-17(24)8-12-19/h3-13H,1-2H3,(H,26,30). The SMILES string of the molecule is Cc1ccc(C)c(-n2nc(C(=O)Nc3ccc(Br)cc3)nc2-c2ccc(F)cc2)c1. The summed E-state index contributed by atoms with van der Waals surface area (Å²) in [4.78, 5) is 17.3. The van der Waals surface area contributed by atoms with Crippen LogP contribution in [0, 0.1) is 19.7 Å². The van der Waals surface area contributed by atoms with E-state index in [2.05, 4.69) is 31.3 Å². The molecule has 0 saturated heterocycles. The molecule has 1 amide bonds. The Morgan fingerprint density at radius 3 is 2.40 bits per heavy atom. The third kappa shape index (κ3) is 4.16. The zero-order valence-electron chi connectivity index (χ0n) is 16.4. The van der Waals surface area contributed by atoms with Crippen LogP contribution in [0.2, 0.25) is 0 Å². The Kier molecular flexibility index (Phi) is 5.46. The van der Waals surface area contributed by atoms with Crippen molar-refractivity contribution in [3.8, 4) is 17.1 Å². The summed E-state index contributed by atoms with van der Waals surface area (Å²) in [6, 6.07) is 19.2. The van der Waals surface area contributed by atoms with Gasteiger partial charge in [0.15, 0.2) is 5.82 Å². The molecule has 1 heterocycles. The second-order valence-electron chi connectivity index (χ2n) is 6.93. The van der Waals surface area contributed by atoms with Crippen LogP contribution >= 0.6 is 15.9 Å². The van der Waals surface area contributed by atoms with E-state index in [4.69, 9.17) is 0 Å². The van der Waals surface area contributed by atoms with Gasteiger partial charge in [0.1, 0.15) is 5.82 Å². The zero-order valence-corrected chi connectivity index (χ0v) is 17.9. The molecule has 0 aliphatic heterocycles. The van der Waals surface area contributed by atoms with Crippen LogP contribution in [0.25, 0.3) is 17.1 Å². The highest BCUT2D eigenvalue weighted by Crippen LogP contribution is 2.25. The summed E-state index contributed by atoms with van der Waals surface area (Å²) in [6.07, 6.45) is 0. The van der Waals surface area contributed by atoms with Crippen molar-refractivity contribution in [3.05, 3.63) is 94.0 Å². The van der Waals surface area contributed by atoms with Gasteiger partial charge in [-0.2, -0.15) is 0 Å². The van der Waals surface area contributed by atoms with Crippen LogP contribution in [-0.2, 0) is 0 Å². The van der Waals surface area contributed by atoms with E-state index >= 15 is 0 Å². The summed E-state index contributed by atoms with van der Waals surface area (Å²) in [5.41, 5.74) is 4.14. The van der Waals surface area contributed by atoms with E-state index in [0.717, 1.165) is 21.3 Å². The van der Waals surface area contributed by atoms with Gasteiger partial charge in [0.2, 0.25) is 5.82 Å². The van der Waals surface area contributed by atoms with Crippen molar-refractivity contribution in [2.75, 3.05) is 5.32 Å². The van der Waals surface area contributed by atoms with Crippen molar-refractivity contribution in [1.29, 1.82) is 0 Å². The molecular formula is C23H18BrFN4O. The minimum Gasteiger partial charge on any atom is -0.319 e. The number of carbonyl (C=O) groups is 1. The largest absolute Gasteiger partial charge is 0.319 e. The topological polar surface area (TPSA) is 59.8 Å². The first-order valence-corrected chi connectivity index (χ1v) is 10.1. The number of halogens is 2. The lowest BCUT2D eigenvalue weighted by molar-refractivity contribution is 0.101. The summed E-state index contributed by atoms with van der Waals surface area (Å²) in [7, 11) is 0. The molecule has 0 saturated carbocycles. The third-order valence-corrected chi connectivity index (χ3v) is 5.14. The molecule has 0 fully saturated rings. The molecule has 0 bridgehead atoms. The number of rotatable bonds is 4. The number of hydrogen-bond donors (Lipinski definition) is 1. The molecule has 4 rings (SSSR count). The third-order valence-electron chi connectivity index (χ3n) is 4.61. The Morgan fingerprint density at radius 1 is 1.00 bits per heavy atom. The van der Waals surface area contributed by atoms with Crippen molar-refractivity contribution >= 4 is 27.5 Å². The molecule has 1 N–H and O–H groups in total. The molecule has 7 heteroatoms. The number of anilines is 1. The number of carbonyl (C=O) groups excluding carboxylic acids is 1. The molecule has 0 spiro atoms. The average molecular weight is 465 g/mol. The fraction of sp³-hybridized carbons (Fsp3) is 0.0870. The molecule has 3 aromatic carbocycles. The normalized spacial score (nSPS) is 10.8. The van der Waals surface area contributed by atoms with E-state index in [0.29, 0.717) is 17.1 Å². The maximum absolute atomic E-state index is 13.4. The summed E-state index contributed by atoms with van der Waals surface area (Å²) in [6.45, 7) is 3.95. The van der Waals surface area contributed by atoms with E-state index in [-0.39, 0.29) is 11.6 Å². The van der Waals surface area contributed by atoms with E-state index in [1.54, 1.807) is 28.9 Å². The summed E-state index contributed by atoms with van der Waals surface area (Å²) < 4.78 is 16.0. The van der Waals surface area contributed by atoms with Gasteiger partial charge in [-0.05, 0) is 79.6 Å². The van der Waals surface area contributed by atoms with Crippen LogP contribution in [0.4, 0.5) is 10.1 Å². The lowest BCUT2D eigenvalue weighted by atomic mass is 10.1. The molecule has 0 aliphatic carbocycles. The number of nitrogens with zero attached hydrogens (tertiary/aromatic N) is 3. The van der Waals surface area contributed by atoms with Crippen molar-refractivity contribution < 1.29 is 9.18 Å². The van der Waals surface area contributed by atoms with Gasteiger partial charge in [0.25, 0.3) is 5.91 Å². The van der Waals surface area contributed by atoms with Gasteiger partial charge in [0.05, 0.1) is 5.69 Å². The number of nitrogens with one attached hydrogen (secondary N) is 1. The maximum atomic E-state index is 13.4. The van der Waals surface area contributed by atoms with E-state index in [9.17, 15) is 9.18 Å². The van der Waals surface area contributed by atoms with Gasteiger partial charge >= 0.3 is 0 Å². The first kappa shape index (κ1) is 20.0. The molecule has 0 radical (unpaired) electrons. The Balaban J connectivity index is 1.79. The number of hydrogen-bond acceptors (Lipinski definition) is 3. The van der Waals surface area contributed by atoms with Crippen molar-refractivity contribution in [1.82, 2.24) is 14.8 Å². The second-order valence-corrected chi connectivity index (χ2v) is 7.84. The summed E-state index contributed by atoms with van der Waals surface area (Å²) >= 11 is 3.37. The quantitative estimate of drug-likeness (QED) is 0.420. The predicted octanol–water partition coefficient (Wildman–Crippen LogP) is 5.71. The van der Waals surface area contributed by atoms with Crippen LogP contribution in [-0.4, -0.2) is 20.7 Å². The lowest BCUT2D eigenvalue weighted by Crippen LogP contribution is -2.14. The van der Waals surface area contributed by atoms with Crippen LogP contribution in [0.3, 0.4) is 0 Å². The van der Waals surface area contributed by atoms with Gasteiger partial charge < -0.3 is 5.32 Å². The highest BCUT2D eigenvalue weighted by atomic mass is 79.9. The zero-order chi connectivity index (χ0) is 21.3. The van der Waals surface area contributed by atoms with Gasteiger partial charge in [-0.15, -0.1) is 5.10 Å². The van der Waals surface area contributed by atoms with Gasteiger partial charge in [-0.3, -0.25) is 4.79 Å². The van der Waals surface area contributed by atoms with Gasteiger partial charge in [-0.1, -0.05) is 28.1 Å². The van der Waals surface area contributed by atoms with Crippen LogP contribution in [0.5, 0.6) is 0 Å². The van der Waals surface area contributed by atoms with E-state index in [1.807, 2.05) is 44.2 Å². The predicted molar refractivity (Wildman–Crippen MR) is 118 cm³/mol. The van der Waals surface area contributed by atoms with Gasteiger partial charge in [-0.25, -0.2) is 14.1 Å². The number of aryl methyl sites for hydroxylation is 2. The van der Waals surface area contributed by atoms with Crippen LogP contribution < -0.4 is 5.32 Å². The molecule has 30 heavy (non-hydrogen) atoms. The number of aromatic nitrogens is 3. The molecule has 0 aliphatic rings. The van der Waals surface area contributed by atoms with E-state index < -0.39 is 5.91 Å². The number of amides is 1. The highest BCUT2D eigenvalue weighted by molar-refractivity contribution is 9.10. The smallest absolute Gasteiger partial charge is 0.295 e. The van der Waals surface area contributed by atoms with Gasteiger partial charge in [0, 0.05) is 15.7 Å². The van der Waals surface area contributed by atoms with Crippen LogP contribution in [0.15, 0.2) is 71.2 Å². The first-order chi connectivity index (χ1) is 14.4. The van der Waals surface area contributed by atoms with E-state index in [1.165, 1.54) is 12.1 Å². The van der Waals surface area contributed by atoms with Crippen molar-refractivity contribution in [3.63, 3.8) is 0 Å². The second kappa shape index (κ2) is 8.20. The molecule has 4 aromatic rings. The Bertz CT molecular complexity index is 1220. The van der Waals surface area contributed by atoms with Crippen LogP contribution in [0.1, 0.15) is 21.7 Å². The number of benzene rings is 3. The summed E-state index contributed by atoms with van der Waals surface area (Å²) in [5.74, 6) is -0.280. The minimum absolute atomic E-state index is 0.0261. The van der Waals surface area contributed by atoms with Crippen molar-refractivity contribution in [2.45, 2.75) is 13.8 Å². The molecule has 0 unspecified atom stereocenters. The maximum Gasteiger partial charge on any atom is 0.295 e. The van der Waals surface area contributed by atoms with Crippen molar-refractivity contribution in [2.24, 2.45) is 0 Å². The monoisotopic (exact) mass is 464 g/mol. The first-order valence-electron chi connectivity index (χ1n) is 9.28. The highest BCUT2D eigenvalue weighted by Gasteiger charge is 2.20. The molecule has 5 nitrogen and oxygen atoms in total. The molecule has 0 atom stereocenters. The minimum atomic E-state index is -0.426. The fourth-order valence-corrected chi connectivity index (χ4v) is 3.29. The fourth-order valence-electron chi connectivity index (χ4n) is 3.03. The molecule has 1 aromatic heterocycles. The Labute approximate surface area is 181 Å². The lowest BCUT2D eigenvalue weighted by Gasteiger charge is -2.10. The molecular weight excluding hydrogens is 447 g/mol. The Hall–Kier alpha value is -3.32. The Morgan fingerprint density at radius 2 is 1.70 bits per heavy atom.